The molecule has 2 atom stereocenters. The molecule has 6 rings (SSSR count). The van der Waals surface area contributed by atoms with Crippen LogP contribution in [0.5, 0.6) is 0 Å². The van der Waals surface area contributed by atoms with Crippen molar-refractivity contribution >= 4 is 23.3 Å². The Labute approximate surface area is 260 Å². The first-order chi connectivity index (χ1) is 21.3. The third-order valence-electron chi connectivity index (χ3n) is 11.2. The Balaban J connectivity index is 1.24. The molecule has 1 aliphatic carbocycles. The zero-order valence-corrected chi connectivity index (χ0v) is 26.4. The van der Waals surface area contributed by atoms with Gasteiger partial charge in [-0.15, -0.1) is 5.10 Å². The highest BCUT2D eigenvalue weighted by molar-refractivity contribution is 6.04. The van der Waals surface area contributed by atoms with E-state index in [0.717, 1.165) is 96.7 Å². The standard InChI is InChI=1S/C33H51FN8O2/c1-40-17-10-24(11-18-40)32(44)41-19-12-23(13-20-41)26-9-16-37-33(14-7-5-3-2-4-6-8-15-33)28(26)38-31(43)27-29(35)39-42-22-25(34)21-36-30(27)42/h21-24,26,28,37H,2-20H2,1H3,(H2,35,39)(H,38,43). The van der Waals surface area contributed by atoms with Crippen molar-refractivity contribution in [1.29, 1.82) is 0 Å². The molecule has 0 bridgehead atoms. The molecule has 242 valence electrons. The molecule has 2 unspecified atom stereocenters. The van der Waals surface area contributed by atoms with Crippen LogP contribution in [0.25, 0.3) is 5.65 Å². The van der Waals surface area contributed by atoms with Crippen molar-refractivity contribution < 1.29 is 14.0 Å². The molecule has 4 N–H and O–H groups in total. The average Bonchev–Trinajstić information content (AvgIpc) is 3.36. The van der Waals surface area contributed by atoms with Crippen LogP contribution in [-0.2, 0) is 4.79 Å². The Morgan fingerprint density at radius 2 is 1.64 bits per heavy atom. The second kappa shape index (κ2) is 13.7. The monoisotopic (exact) mass is 610 g/mol. The van der Waals surface area contributed by atoms with Crippen molar-refractivity contribution in [3.05, 3.63) is 23.8 Å². The minimum absolute atomic E-state index is 0.0571. The largest absolute Gasteiger partial charge is 0.381 e. The summed E-state index contributed by atoms with van der Waals surface area (Å²) in [5.41, 5.74) is 6.52. The molecule has 2 aromatic rings. The number of halogens is 1. The first-order valence-corrected chi connectivity index (χ1v) is 17.2. The summed E-state index contributed by atoms with van der Waals surface area (Å²) in [5.74, 6) is 0.427. The first kappa shape index (κ1) is 31.2. The van der Waals surface area contributed by atoms with E-state index in [2.05, 4.69) is 37.6 Å². The number of likely N-dealkylation sites (tertiary alicyclic amines) is 2. The summed E-state index contributed by atoms with van der Waals surface area (Å²) in [4.78, 5) is 36.1. The van der Waals surface area contributed by atoms with Gasteiger partial charge in [0.25, 0.3) is 5.91 Å². The van der Waals surface area contributed by atoms with Crippen molar-refractivity contribution in [3.63, 3.8) is 0 Å². The molecule has 0 aromatic carbocycles. The van der Waals surface area contributed by atoms with E-state index in [0.29, 0.717) is 11.8 Å². The van der Waals surface area contributed by atoms with E-state index in [1.165, 1.54) is 42.8 Å². The minimum Gasteiger partial charge on any atom is -0.381 e. The molecule has 2 amide bonds. The number of hydrogen-bond donors (Lipinski definition) is 3. The van der Waals surface area contributed by atoms with Crippen LogP contribution >= 0.6 is 0 Å². The third-order valence-corrected chi connectivity index (χ3v) is 11.2. The number of carbonyl (C=O) groups is 2. The summed E-state index contributed by atoms with van der Waals surface area (Å²) in [6.45, 7) is 4.51. The number of hydrogen-bond acceptors (Lipinski definition) is 7. The summed E-state index contributed by atoms with van der Waals surface area (Å²) in [5, 5.41) is 11.6. The number of nitrogens with one attached hydrogen (secondary N) is 2. The van der Waals surface area contributed by atoms with Crippen LogP contribution in [0.15, 0.2) is 12.4 Å². The second-order valence-corrected chi connectivity index (χ2v) is 14.0. The molecule has 5 heterocycles. The number of rotatable bonds is 4. The van der Waals surface area contributed by atoms with E-state index in [1.807, 2.05) is 0 Å². The molecule has 2 aromatic heterocycles. The first-order valence-electron chi connectivity index (χ1n) is 17.2. The molecule has 4 aliphatic rings. The number of piperidine rings is 3. The summed E-state index contributed by atoms with van der Waals surface area (Å²) in [7, 11) is 2.13. The fourth-order valence-corrected chi connectivity index (χ4v) is 8.73. The van der Waals surface area contributed by atoms with E-state index in [-0.39, 0.29) is 46.4 Å². The fraction of sp³-hybridized carbons (Fsp3) is 0.758. The molecule has 1 spiro atoms. The summed E-state index contributed by atoms with van der Waals surface area (Å²) in [6.07, 6.45) is 17.7. The van der Waals surface area contributed by atoms with Crippen LogP contribution in [0.4, 0.5) is 10.2 Å². The highest BCUT2D eigenvalue weighted by atomic mass is 19.1. The molecule has 0 radical (unpaired) electrons. The van der Waals surface area contributed by atoms with Gasteiger partial charge in [-0.05, 0) is 83.5 Å². The van der Waals surface area contributed by atoms with Gasteiger partial charge in [-0.25, -0.2) is 13.9 Å². The Bertz CT molecular complexity index is 1290. The molecular formula is C33H51FN8O2. The van der Waals surface area contributed by atoms with E-state index < -0.39 is 5.82 Å². The lowest BCUT2D eigenvalue weighted by Crippen LogP contribution is -2.68. The van der Waals surface area contributed by atoms with Gasteiger partial charge in [0.1, 0.15) is 5.56 Å². The number of aromatic nitrogens is 3. The SMILES string of the molecule is CN1CCC(C(=O)N2CCC(C3CCNC4(CCCCCCCCC4)C3NC(=O)c3c(N)nn4cc(F)cnc34)CC2)CC1. The molecule has 4 fully saturated rings. The van der Waals surface area contributed by atoms with E-state index >= 15 is 0 Å². The summed E-state index contributed by atoms with van der Waals surface area (Å²) >= 11 is 0. The zero-order valence-electron chi connectivity index (χ0n) is 26.4. The normalized spacial score (nSPS) is 26.5. The molecule has 3 aliphatic heterocycles. The van der Waals surface area contributed by atoms with Gasteiger partial charge >= 0.3 is 0 Å². The number of amides is 2. The lowest BCUT2D eigenvalue weighted by atomic mass is 9.65. The van der Waals surface area contributed by atoms with Gasteiger partial charge in [-0.3, -0.25) is 9.59 Å². The lowest BCUT2D eigenvalue weighted by Gasteiger charge is -2.53. The summed E-state index contributed by atoms with van der Waals surface area (Å²) < 4.78 is 15.1. The maximum absolute atomic E-state index is 14.1. The van der Waals surface area contributed by atoms with Crippen molar-refractivity contribution in [2.75, 3.05) is 45.5 Å². The van der Waals surface area contributed by atoms with Gasteiger partial charge in [-0.2, -0.15) is 0 Å². The van der Waals surface area contributed by atoms with Gasteiger partial charge in [0, 0.05) is 24.5 Å². The number of carbonyl (C=O) groups excluding carboxylic acids is 2. The third kappa shape index (κ3) is 6.59. The van der Waals surface area contributed by atoms with Crippen LogP contribution in [-0.4, -0.2) is 87.6 Å². The van der Waals surface area contributed by atoms with E-state index in [1.54, 1.807) is 0 Å². The van der Waals surface area contributed by atoms with Crippen molar-refractivity contribution in [2.24, 2.45) is 17.8 Å². The molecule has 11 heteroatoms. The second-order valence-electron chi connectivity index (χ2n) is 14.0. The van der Waals surface area contributed by atoms with Gasteiger partial charge < -0.3 is 26.2 Å². The number of nitrogens with two attached hydrogens (primary N) is 1. The van der Waals surface area contributed by atoms with E-state index in [4.69, 9.17) is 5.73 Å². The van der Waals surface area contributed by atoms with Crippen LogP contribution in [0.2, 0.25) is 0 Å². The Morgan fingerprint density at radius 3 is 2.32 bits per heavy atom. The number of nitrogen functional groups attached to an aromatic ring is 1. The summed E-state index contributed by atoms with van der Waals surface area (Å²) in [6, 6.07) is -0.0842. The van der Waals surface area contributed by atoms with Crippen LogP contribution in [0.3, 0.4) is 0 Å². The van der Waals surface area contributed by atoms with Gasteiger partial charge in [0.15, 0.2) is 17.3 Å². The highest BCUT2D eigenvalue weighted by Gasteiger charge is 2.49. The topological polar surface area (TPSA) is 121 Å². The van der Waals surface area contributed by atoms with Crippen LogP contribution in [0.1, 0.15) is 100 Å². The Hall–Kier alpha value is -2.79. The molecule has 44 heavy (non-hydrogen) atoms. The van der Waals surface area contributed by atoms with Gasteiger partial charge in [0.05, 0.1) is 18.4 Å². The molecule has 10 nitrogen and oxygen atoms in total. The lowest BCUT2D eigenvalue weighted by molar-refractivity contribution is -0.138. The number of fused-ring (bicyclic) bond motifs is 1. The van der Waals surface area contributed by atoms with Gasteiger partial charge in [-0.1, -0.05) is 44.9 Å². The number of nitrogens with zero attached hydrogens (tertiary/aromatic N) is 5. The van der Waals surface area contributed by atoms with Crippen LogP contribution in [0, 0.1) is 23.6 Å². The van der Waals surface area contributed by atoms with Crippen molar-refractivity contribution in [3.8, 4) is 0 Å². The van der Waals surface area contributed by atoms with Crippen molar-refractivity contribution in [2.45, 2.75) is 101 Å². The average molecular weight is 611 g/mol. The number of anilines is 1. The predicted molar refractivity (Wildman–Crippen MR) is 169 cm³/mol. The smallest absolute Gasteiger partial charge is 0.259 e. The molecule has 1 saturated carbocycles. The van der Waals surface area contributed by atoms with Crippen molar-refractivity contribution in [1.82, 2.24) is 35.0 Å². The van der Waals surface area contributed by atoms with Gasteiger partial charge in [0.2, 0.25) is 5.91 Å². The minimum atomic E-state index is -0.537. The highest BCUT2D eigenvalue weighted by Crippen LogP contribution is 2.41. The maximum atomic E-state index is 14.1. The van der Waals surface area contributed by atoms with E-state index in [9.17, 15) is 14.0 Å². The Morgan fingerprint density at radius 1 is 0.977 bits per heavy atom. The zero-order chi connectivity index (χ0) is 30.7. The quantitative estimate of drug-likeness (QED) is 0.479. The van der Waals surface area contributed by atoms with Crippen LogP contribution < -0.4 is 16.4 Å². The molecular weight excluding hydrogens is 559 g/mol. The maximum Gasteiger partial charge on any atom is 0.259 e. The predicted octanol–water partition coefficient (Wildman–Crippen LogP) is 4.00. The Kier molecular flexibility index (Phi) is 9.71. The fourth-order valence-electron chi connectivity index (χ4n) is 8.73. The molecule has 3 saturated heterocycles.